The first-order chi connectivity index (χ1) is 11.8. The number of benzene rings is 2. The van der Waals surface area contributed by atoms with Crippen LogP contribution in [0.4, 0.5) is 0 Å². The van der Waals surface area contributed by atoms with Gasteiger partial charge >= 0.3 is 0 Å². The van der Waals surface area contributed by atoms with Crippen molar-refractivity contribution in [2.75, 3.05) is 0 Å². The van der Waals surface area contributed by atoms with Crippen molar-refractivity contribution in [3.63, 3.8) is 0 Å². The van der Waals surface area contributed by atoms with Crippen molar-refractivity contribution >= 4 is 27.9 Å². The van der Waals surface area contributed by atoms with Gasteiger partial charge in [-0.15, -0.1) is 0 Å². The highest BCUT2D eigenvalue weighted by atomic mass is 16.1. The van der Waals surface area contributed by atoms with E-state index in [1.165, 1.54) is 0 Å². The van der Waals surface area contributed by atoms with Gasteiger partial charge in [0.2, 0.25) is 0 Å². The lowest BCUT2D eigenvalue weighted by molar-refractivity contribution is 0.0989. The van der Waals surface area contributed by atoms with E-state index in [-0.39, 0.29) is 5.78 Å². The van der Waals surface area contributed by atoms with Crippen LogP contribution in [0.2, 0.25) is 0 Å². The Hall–Kier alpha value is -2.29. The molecule has 0 spiro atoms. The van der Waals surface area contributed by atoms with Crippen LogP contribution in [-0.2, 0) is 0 Å². The predicted molar refractivity (Wildman–Crippen MR) is 106 cm³/mol. The molecule has 3 heteroatoms. The van der Waals surface area contributed by atoms with Crippen molar-refractivity contribution in [1.29, 1.82) is 0 Å². The molecule has 1 aromatic heterocycles. The molecular weight excluding hydrogens is 296 g/mol. The minimum atomic E-state index is 0.102. The first-order valence-corrected chi connectivity index (χ1v) is 8.98. The molecule has 0 N–H and O–H groups in total. The zero-order valence-corrected chi connectivity index (χ0v) is 16.1. The summed E-state index contributed by atoms with van der Waals surface area (Å²) in [5, 5.41) is 0. The molecule has 0 unspecified atom stereocenters. The number of carbonyl (C=O) groups excluding carboxylic acids is 1. The first-order valence-electron chi connectivity index (χ1n) is 8.98. The van der Waals surface area contributed by atoms with Crippen molar-refractivity contribution in [1.82, 2.24) is 9.97 Å². The maximum absolute atomic E-state index is 11.9. The summed E-state index contributed by atoms with van der Waals surface area (Å²) in [5.74, 6) is 0.102. The number of rotatable bonds is 2. The summed E-state index contributed by atoms with van der Waals surface area (Å²) in [5.41, 5.74) is 3.80. The van der Waals surface area contributed by atoms with Crippen molar-refractivity contribution < 1.29 is 4.79 Å². The lowest BCUT2D eigenvalue weighted by Gasteiger charge is -2.04. The molecule has 130 valence electrons. The zero-order valence-electron chi connectivity index (χ0n) is 16.1. The molecule has 0 fully saturated rings. The van der Waals surface area contributed by atoms with Gasteiger partial charge in [-0.05, 0) is 24.3 Å². The SMILES string of the molecule is CC.CC.CC.CCC(=O)c1cccc2nc3ccccc3nc12. The highest BCUT2D eigenvalue weighted by molar-refractivity contribution is 6.06. The molecule has 3 rings (SSSR count). The van der Waals surface area contributed by atoms with Gasteiger partial charge in [-0.2, -0.15) is 0 Å². The van der Waals surface area contributed by atoms with E-state index < -0.39 is 0 Å². The molecule has 24 heavy (non-hydrogen) atoms. The van der Waals surface area contributed by atoms with Gasteiger partial charge in [-0.25, -0.2) is 9.97 Å². The monoisotopic (exact) mass is 326 g/mol. The molecule has 0 saturated heterocycles. The van der Waals surface area contributed by atoms with E-state index in [9.17, 15) is 4.79 Å². The van der Waals surface area contributed by atoms with E-state index in [2.05, 4.69) is 9.97 Å². The van der Waals surface area contributed by atoms with Gasteiger partial charge in [0.1, 0.15) is 5.52 Å². The van der Waals surface area contributed by atoms with Crippen molar-refractivity contribution in [3.8, 4) is 0 Å². The number of Topliss-reactive ketones (excluding diaryl/α,β-unsaturated/α-hetero) is 1. The van der Waals surface area contributed by atoms with E-state index in [0.717, 1.165) is 16.6 Å². The van der Waals surface area contributed by atoms with E-state index >= 15 is 0 Å². The lowest BCUT2D eigenvalue weighted by Crippen LogP contribution is -2.00. The summed E-state index contributed by atoms with van der Waals surface area (Å²) in [7, 11) is 0. The van der Waals surface area contributed by atoms with Crippen LogP contribution in [0.15, 0.2) is 42.5 Å². The normalized spacial score (nSPS) is 8.96. The number of hydrogen-bond donors (Lipinski definition) is 0. The number of aromatic nitrogens is 2. The molecule has 0 aliphatic carbocycles. The van der Waals surface area contributed by atoms with Gasteiger partial charge in [-0.3, -0.25) is 4.79 Å². The molecule has 3 nitrogen and oxygen atoms in total. The van der Waals surface area contributed by atoms with Gasteiger partial charge in [0, 0.05) is 12.0 Å². The number of hydrogen-bond acceptors (Lipinski definition) is 3. The molecule has 0 atom stereocenters. The van der Waals surface area contributed by atoms with E-state index in [0.29, 0.717) is 17.5 Å². The number of fused-ring (bicyclic) bond motifs is 2. The molecule has 0 bridgehead atoms. The van der Waals surface area contributed by atoms with Gasteiger partial charge in [0.05, 0.1) is 16.6 Å². The zero-order chi connectivity index (χ0) is 18.5. The summed E-state index contributed by atoms with van der Waals surface area (Å²) in [4.78, 5) is 21.0. The second-order valence-corrected chi connectivity index (χ2v) is 4.16. The lowest BCUT2D eigenvalue weighted by atomic mass is 10.1. The van der Waals surface area contributed by atoms with Crippen LogP contribution in [0.3, 0.4) is 0 Å². The third-order valence-electron chi connectivity index (χ3n) is 2.99. The highest BCUT2D eigenvalue weighted by Gasteiger charge is 2.10. The number of nitrogens with zero attached hydrogens (tertiary/aromatic N) is 2. The van der Waals surface area contributed by atoms with E-state index in [1.807, 2.05) is 90.9 Å². The largest absolute Gasteiger partial charge is 0.294 e. The smallest absolute Gasteiger partial charge is 0.164 e. The summed E-state index contributed by atoms with van der Waals surface area (Å²) >= 11 is 0. The quantitative estimate of drug-likeness (QED) is 0.401. The van der Waals surface area contributed by atoms with Crippen LogP contribution >= 0.6 is 0 Å². The number of ketones is 1. The molecular formula is C21H30N2O. The van der Waals surface area contributed by atoms with E-state index in [1.54, 1.807) is 0 Å². The molecule has 1 heterocycles. The standard InChI is InChI=1S/C15H12N2O.3C2H6/c1-2-14(18)10-6-5-9-13-15(10)17-12-8-4-3-7-11(12)16-13;3*1-2/h3-9H,2H2,1H3;3*1-2H3. The third-order valence-corrected chi connectivity index (χ3v) is 2.99. The Morgan fingerprint density at radius 2 is 1.25 bits per heavy atom. The maximum Gasteiger partial charge on any atom is 0.164 e. The second kappa shape index (κ2) is 12.2. The Bertz CT molecular complexity index is 751. The highest BCUT2D eigenvalue weighted by Crippen LogP contribution is 2.20. The summed E-state index contributed by atoms with van der Waals surface area (Å²) in [6, 6.07) is 13.3. The molecule has 0 saturated carbocycles. The van der Waals surface area contributed by atoms with Gasteiger partial charge in [0.25, 0.3) is 0 Å². The maximum atomic E-state index is 11.9. The second-order valence-electron chi connectivity index (χ2n) is 4.16. The summed E-state index contributed by atoms with van der Waals surface area (Å²) in [6.45, 7) is 13.9. The summed E-state index contributed by atoms with van der Waals surface area (Å²) < 4.78 is 0. The predicted octanol–water partition coefficient (Wildman–Crippen LogP) is 6.45. The molecule has 2 aromatic carbocycles. The van der Waals surface area contributed by atoms with Crippen LogP contribution in [0.5, 0.6) is 0 Å². The third kappa shape index (κ3) is 5.12. The molecule has 0 aliphatic rings. The van der Waals surface area contributed by atoms with E-state index in [4.69, 9.17) is 0 Å². The Labute approximate surface area is 146 Å². The van der Waals surface area contributed by atoms with Gasteiger partial charge < -0.3 is 0 Å². The summed E-state index contributed by atoms with van der Waals surface area (Å²) in [6.07, 6.45) is 0.480. The fourth-order valence-corrected chi connectivity index (χ4v) is 2.06. The molecule has 0 radical (unpaired) electrons. The fraction of sp³-hybridized carbons (Fsp3) is 0.381. The van der Waals surface area contributed by atoms with Gasteiger partial charge in [-0.1, -0.05) is 66.7 Å². The average molecular weight is 326 g/mol. The molecule has 0 amide bonds. The van der Waals surface area contributed by atoms with Crippen LogP contribution in [0.25, 0.3) is 22.1 Å². The van der Waals surface area contributed by atoms with Gasteiger partial charge in [0.15, 0.2) is 5.78 Å². The Kier molecular flexibility index (Phi) is 11.0. The van der Waals surface area contributed by atoms with Crippen molar-refractivity contribution in [3.05, 3.63) is 48.0 Å². The van der Waals surface area contributed by atoms with Crippen LogP contribution in [-0.4, -0.2) is 15.8 Å². The molecule has 0 aliphatic heterocycles. The minimum absolute atomic E-state index is 0.102. The van der Waals surface area contributed by atoms with Crippen LogP contribution in [0.1, 0.15) is 65.2 Å². The minimum Gasteiger partial charge on any atom is -0.294 e. The Morgan fingerprint density at radius 3 is 1.79 bits per heavy atom. The topological polar surface area (TPSA) is 42.9 Å². The number of carbonyl (C=O) groups is 1. The fourth-order valence-electron chi connectivity index (χ4n) is 2.06. The Morgan fingerprint density at radius 1 is 0.750 bits per heavy atom. The number of para-hydroxylation sites is 3. The molecule has 3 aromatic rings. The average Bonchev–Trinajstić information content (AvgIpc) is 2.70. The van der Waals surface area contributed by atoms with Crippen molar-refractivity contribution in [2.24, 2.45) is 0 Å². The Balaban J connectivity index is 0.000000798. The van der Waals surface area contributed by atoms with Crippen LogP contribution < -0.4 is 0 Å². The van der Waals surface area contributed by atoms with Crippen molar-refractivity contribution in [2.45, 2.75) is 54.9 Å². The first kappa shape index (κ1) is 21.7. The van der Waals surface area contributed by atoms with Crippen LogP contribution in [0, 0.1) is 0 Å².